The van der Waals surface area contributed by atoms with Crippen molar-refractivity contribution in [1.82, 2.24) is 15.5 Å². The van der Waals surface area contributed by atoms with Crippen LogP contribution in [0.1, 0.15) is 65.4 Å². The van der Waals surface area contributed by atoms with Crippen LogP contribution in [-0.2, 0) is 20.9 Å². The molecular formula is C26H39N3O6. The van der Waals surface area contributed by atoms with Crippen LogP contribution in [0.15, 0.2) is 30.3 Å². The van der Waals surface area contributed by atoms with Gasteiger partial charge in [0.25, 0.3) is 0 Å². The SMILES string of the molecule is CCC(O)[C@@H]1C[C@H](NC(=O)OC(C)(C)C)CC[C@@H]1N1CCC(NC(=O)OCc2ccccc2)C1=O. The van der Waals surface area contributed by atoms with Crippen LogP contribution in [0.5, 0.6) is 0 Å². The van der Waals surface area contributed by atoms with Gasteiger partial charge in [-0.3, -0.25) is 4.79 Å². The molecule has 9 nitrogen and oxygen atoms in total. The number of hydrogen-bond acceptors (Lipinski definition) is 6. The lowest BCUT2D eigenvalue weighted by Gasteiger charge is -2.43. The number of alkyl carbamates (subject to hydrolysis) is 2. The van der Waals surface area contributed by atoms with Crippen molar-refractivity contribution in [3.8, 4) is 0 Å². The third kappa shape index (κ3) is 7.59. The van der Waals surface area contributed by atoms with E-state index in [0.717, 1.165) is 5.56 Å². The summed E-state index contributed by atoms with van der Waals surface area (Å²) >= 11 is 0. The number of rotatable bonds is 7. The van der Waals surface area contributed by atoms with E-state index in [2.05, 4.69) is 10.6 Å². The number of aliphatic hydroxyl groups excluding tert-OH is 1. The summed E-state index contributed by atoms with van der Waals surface area (Å²) in [5, 5.41) is 16.4. The minimum atomic E-state index is -0.643. The van der Waals surface area contributed by atoms with Crippen LogP contribution in [0.3, 0.4) is 0 Å². The van der Waals surface area contributed by atoms with Gasteiger partial charge in [-0.1, -0.05) is 37.3 Å². The highest BCUT2D eigenvalue weighted by Crippen LogP contribution is 2.34. The summed E-state index contributed by atoms with van der Waals surface area (Å²) in [6.45, 7) is 7.99. The van der Waals surface area contributed by atoms with E-state index in [4.69, 9.17) is 9.47 Å². The fourth-order valence-electron chi connectivity index (χ4n) is 4.97. The Morgan fingerprint density at radius 1 is 1.11 bits per heavy atom. The first-order valence-electron chi connectivity index (χ1n) is 12.5. The lowest BCUT2D eigenvalue weighted by Crippen LogP contribution is -2.54. The molecule has 9 heteroatoms. The van der Waals surface area contributed by atoms with Crippen LogP contribution in [0.4, 0.5) is 9.59 Å². The number of amides is 3. The summed E-state index contributed by atoms with van der Waals surface area (Å²) in [5.41, 5.74) is 0.283. The Balaban J connectivity index is 1.56. The Hall–Kier alpha value is -2.81. The van der Waals surface area contributed by atoms with Crippen molar-refractivity contribution in [1.29, 1.82) is 0 Å². The van der Waals surface area contributed by atoms with Crippen LogP contribution in [-0.4, -0.2) is 64.5 Å². The Kier molecular flexibility index (Phi) is 8.99. The van der Waals surface area contributed by atoms with Gasteiger partial charge in [0.1, 0.15) is 18.2 Å². The van der Waals surface area contributed by atoms with Crippen molar-refractivity contribution in [2.24, 2.45) is 5.92 Å². The number of benzene rings is 1. The summed E-state index contributed by atoms with van der Waals surface area (Å²) in [4.78, 5) is 39.5. The van der Waals surface area contributed by atoms with Crippen LogP contribution in [0.2, 0.25) is 0 Å². The molecule has 1 saturated carbocycles. The molecule has 194 valence electrons. The lowest BCUT2D eigenvalue weighted by molar-refractivity contribution is -0.134. The summed E-state index contributed by atoms with van der Waals surface area (Å²) in [6.07, 6.45) is 1.24. The second-order valence-corrected chi connectivity index (χ2v) is 10.4. The van der Waals surface area contributed by atoms with Gasteiger partial charge in [0.05, 0.1) is 6.10 Å². The van der Waals surface area contributed by atoms with E-state index < -0.39 is 29.9 Å². The van der Waals surface area contributed by atoms with Gasteiger partial charge < -0.3 is 30.1 Å². The molecule has 1 saturated heterocycles. The van der Waals surface area contributed by atoms with Gasteiger partial charge >= 0.3 is 12.2 Å². The molecule has 1 aliphatic carbocycles. The molecule has 2 aliphatic rings. The summed E-state index contributed by atoms with van der Waals surface area (Å²) < 4.78 is 10.6. The molecule has 1 aliphatic heterocycles. The van der Waals surface area contributed by atoms with Crippen molar-refractivity contribution in [3.05, 3.63) is 35.9 Å². The van der Waals surface area contributed by atoms with Crippen LogP contribution in [0.25, 0.3) is 0 Å². The van der Waals surface area contributed by atoms with Gasteiger partial charge in [0, 0.05) is 24.5 Å². The predicted octanol–water partition coefficient (Wildman–Crippen LogP) is 3.35. The zero-order valence-electron chi connectivity index (χ0n) is 21.2. The largest absolute Gasteiger partial charge is 0.445 e. The number of nitrogens with zero attached hydrogens (tertiary/aromatic N) is 1. The van der Waals surface area contributed by atoms with Crippen molar-refractivity contribution in [3.63, 3.8) is 0 Å². The second-order valence-electron chi connectivity index (χ2n) is 10.4. The fraction of sp³-hybridized carbons (Fsp3) is 0.654. The van der Waals surface area contributed by atoms with E-state index in [1.807, 2.05) is 58.0 Å². The quantitative estimate of drug-likeness (QED) is 0.541. The smallest absolute Gasteiger partial charge is 0.408 e. The van der Waals surface area contributed by atoms with Crippen LogP contribution < -0.4 is 10.6 Å². The molecule has 3 amide bonds. The second kappa shape index (κ2) is 11.7. The molecule has 1 aromatic rings. The van der Waals surface area contributed by atoms with E-state index >= 15 is 0 Å². The molecule has 0 aromatic heterocycles. The van der Waals surface area contributed by atoms with E-state index in [0.29, 0.717) is 38.6 Å². The Morgan fingerprint density at radius 2 is 1.83 bits per heavy atom. The number of hydrogen-bond donors (Lipinski definition) is 3. The molecule has 3 rings (SSSR count). The number of aliphatic hydroxyl groups is 1. The first kappa shape index (κ1) is 26.8. The van der Waals surface area contributed by atoms with E-state index in [-0.39, 0.29) is 30.5 Å². The van der Waals surface area contributed by atoms with Crippen LogP contribution >= 0.6 is 0 Å². The Morgan fingerprint density at radius 3 is 2.49 bits per heavy atom. The zero-order chi connectivity index (χ0) is 25.6. The molecule has 1 heterocycles. The van der Waals surface area contributed by atoms with Gasteiger partial charge in [0.15, 0.2) is 0 Å². The molecule has 2 fully saturated rings. The molecule has 0 radical (unpaired) electrons. The molecule has 0 spiro atoms. The highest BCUT2D eigenvalue weighted by Gasteiger charge is 2.44. The third-order valence-corrected chi connectivity index (χ3v) is 6.64. The van der Waals surface area contributed by atoms with Gasteiger partial charge in [0.2, 0.25) is 5.91 Å². The van der Waals surface area contributed by atoms with E-state index in [1.54, 1.807) is 4.90 Å². The van der Waals surface area contributed by atoms with Gasteiger partial charge in [-0.2, -0.15) is 0 Å². The topological polar surface area (TPSA) is 117 Å². The summed E-state index contributed by atoms with van der Waals surface area (Å²) in [5.74, 6) is -0.333. The maximum absolute atomic E-state index is 13.2. The Labute approximate surface area is 207 Å². The van der Waals surface area contributed by atoms with E-state index in [1.165, 1.54) is 0 Å². The Bertz CT molecular complexity index is 872. The minimum Gasteiger partial charge on any atom is -0.445 e. The minimum absolute atomic E-state index is 0.133. The number of nitrogens with one attached hydrogen (secondary N) is 2. The highest BCUT2D eigenvalue weighted by atomic mass is 16.6. The highest BCUT2D eigenvalue weighted by molar-refractivity contribution is 5.87. The molecule has 0 bridgehead atoms. The molecule has 35 heavy (non-hydrogen) atoms. The number of carbonyl (C=O) groups is 3. The van der Waals surface area contributed by atoms with Gasteiger partial charge in [-0.25, -0.2) is 9.59 Å². The lowest BCUT2D eigenvalue weighted by atomic mass is 9.77. The van der Waals surface area contributed by atoms with Crippen LogP contribution in [0, 0.1) is 5.92 Å². The molecule has 5 atom stereocenters. The van der Waals surface area contributed by atoms with Crippen molar-refractivity contribution in [2.75, 3.05) is 6.54 Å². The third-order valence-electron chi connectivity index (χ3n) is 6.64. The molecule has 2 unspecified atom stereocenters. The van der Waals surface area contributed by atoms with Gasteiger partial charge in [-0.15, -0.1) is 0 Å². The van der Waals surface area contributed by atoms with Crippen molar-refractivity contribution < 1.29 is 29.0 Å². The summed E-state index contributed by atoms with van der Waals surface area (Å²) in [7, 11) is 0. The predicted molar refractivity (Wildman–Crippen MR) is 130 cm³/mol. The van der Waals surface area contributed by atoms with Gasteiger partial charge in [-0.05, 0) is 58.4 Å². The zero-order valence-corrected chi connectivity index (χ0v) is 21.2. The number of carbonyl (C=O) groups excluding carboxylic acids is 3. The normalized spacial score (nSPS) is 25.6. The number of likely N-dealkylation sites (tertiary alicyclic amines) is 1. The first-order valence-corrected chi connectivity index (χ1v) is 12.5. The standard InChI is InChI=1S/C26H39N3O6/c1-5-22(30)19-15-18(27-25(33)35-26(2,3)4)11-12-21(19)29-14-13-20(23(29)31)28-24(32)34-16-17-9-7-6-8-10-17/h6-10,18-22,30H,5,11-16H2,1-4H3,(H,27,33)(H,28,32)/t18-,19-,20?,21+,22?/m1/s1. The number of ether oxygens (including phenoxy) is 2. The van der Waals surface area contributed by atoms with Crippen molar-refractivity contribution in [2.45, 2.75) is 96.2 Å². The van der Waals surface area contributed by atoms with Crippen molar-refractivity contribution >= 4 is 18.1 Å². The summed E-state index contributed by atoms with van der Waals surface area (Å²) in [6, 6.07) is 8.43. The monoisotopic (exact) mass is 489 g/mol. The van der Waals surface area contributed by atoms with E-state index in [9.17, 15) is 19.5 Å². The maximum atomic E-state index is 13.2. The molecule has 1 aromatic carbocycles. The average Bonchev–Trinajstić information content (AvgIpc) is 3.16. The molecular weight excluding hydrogens is 450 g/mol. The molecule has 3 N–H and O–H groups in total. The fourth-order valence-corrected chi connectivity index (χ4v) is 4.97. The average molecular weight is 490 g/mol. The maximum Gasteiger partial charge on any atom is 0.408 e. The first-order chi connectivity index (χ1) is 16.6.